The standard InChI is InChI=1S/C14H18N2O2S/c1-3-18-9-13(17)15-8-10(2)14-16-11-6-4-5-7-12(11)19-14/h4-7,10H,3,8-9H2,1-2H3,(H,15,17). The number of ether oxygens (including phenoxy) is 1. The van der Waals surface area contributed by atoms with Crippen molar-refractivity contribution in [1.29, 1.82) is 0 Å². The number of hydrogen-bond acceptors (Lipinski definition) is 4. The normalized spacial score (nSPS) is 12.5. The molecule has 1 amide bonds. The summed E-state index contributed by atoms with van der Waals surface area (Å²) in [5.41, 5.74) is 1.02. The van der Waals surface area contributed by atoms with Gasteiger partial charge in [-0.25, -0.2) is 4.98 Å². The van der Waals surface area contributed by atoms with E-state index in [4.69, 9.17) is 4.74 Å². The lowest BCUT2D eigenvalue weighted by atomic mass is 10.2. The molecule has 0 aliphatic rings. The molecule has 0 fully saturated rings. The Morgan fingerprint density at radius 3 is 3.00 bits per heavy atom. The van der Waals surface area contributed by atoms with Crippen molar-refractivity contribution < 1.29 is 9.53 Å². The van der Waals surface area contributed by atoms with Gasteiger partial charge in [-0.3, -0.25) is 4.79 Å². The Labute approximate surface area is 116 Å². The van der Waals surface area contributed by atoms with Gasteiger partial charge in [0.15, 0.2) is 0 Å². The molecule has 0 spiro atoms. The second-order valence-electron chi connectivity index (χ2n) is 4.36. The van der Waals surface area contributed by atoms with Crippen molar-refractivity contribution in [2.45, 2.75) is 19.8 Å². The summed E-state index contributed by atoms with van der Waals surface area (Å²) < 4.78 is 6.24. The number of carbonyl (C=O) groups excluding carboxylic acids is 1. The van der Waals surface area contributed by atoms with Crippen LogP contribution in [-0.4, -0.2) is 30.6 Å². The van der Waals surface area contributed by atoms with Crippen LogP contribution < -0.4 is 5.32 Å². The van der Waals surface area contributed by atoms with E-state index in [0.29, 0.717) is 13.2 Å². The average molecular weight is 278 g/mol. The Morgan fingerprint density at radius 1 is 1.47 bits per heavy atom. The van der Waals surface area contributed by atoms with Crippen LogP contribution in [0.2, 0.25) is 0 Å². The molecule has 1 aromatic heterocycles. The maximum Gasteiger partial charge on any atom is 0.246 e. The second kappa shape index (κ2) is 6.63. The van der Waals surface area contributed by atoms with Gasteiger partial charge in [0.25, 0.3) is 0 Å². The maximum absolute atomic E-state index is 11.5. The summed E-state index contributed by atoms with van der Waals surface area (Å²) in [4.78, 5) is 16.0. The Balaban J connectivity index is 1.92. The van der Waals surface area contributed by atoms with E-state index in [9.17, 15) is 4.79 Å². The van der Waals surface area contributed by atoms with E-state index in [2.05, 4.69) is 23.3 Å². The van der Waals surface area contributed by atoms with Crippen LogP contribution in [0.4, 0.5) is 0 Å². The van der Waals surface area contributed by atoms with Crippen molar-refractivity contribution in [2.24, 2.45) is 0 Å². The van der Waals surface area contributed by atoms with Crippen molar-refractivity contribution in [2.75, 3.05) is 19.8 Å². The van der Waals surface area contributed by atoms with Crippen molar-refractivity contribution >= 4 is 27.5 Å². The fourth-order valence-electron chi connectivity index (χ4n) is 1.70. The number of benzene rings is 1. The van der Waals surface area contributed by atoms with Gasteiger partial charge >= 0.3 is 0 Å². The summed E-state index contributed by atoms with van der Waals surface area (Å²) in [5.74, 6) is 0.137. The van der Waals surface area contributed by atoms with Crippen molar-refractivity contribution in [3.63, 3.8) is 0 Å². The van der Waals surface area contributed by atoms with E-state index < -0.39 is 0 Å². The lowest BCUT2D eigenvalue weighted by Crippen LogP contribution is -2.30. The Hall–Kier alpha value is -1.46. The second-order valence-corrected chi connectivity index (χ2v) is 5.42. The highest BCUT2D eigenvalue weighted by Gasteiger charge is 2.12. The third-order valence-corrected chi connectivity index (χ3v) is 4.04. The predicted octanol–water partition coefficient (Wildman–Crippen LogP) is 2.55. The molecule has 1 N–H and O–H groups in total. The Kier molecular flexibility index (Phi) is 4.87. The minimum atomic E-state index is -0.0742. The Morgan fingerprint density at radius 2 is 2.26 bits per heavy atom. The molecule has 19 heavy (non-hydrogen) atoms. The summed E-state index contributed by atoms with van der Waals surface area (Å²) in [6, 6.07) is 8.08. The highest BCUT2D eigenvalue weighted by atomic mass is 32.1. The number of hydrogen-bond donors (Lipinski definition) is 1. The van der Waals surface area contributed by atoms with Crippen molar-refractivity contribution in [3.05, 3.63) is 29.3 Å². The van der Waals surface area contributed by atoms with Crippen molar-refractivity contribution in [1.82, 2.24) is 10.3 Å². The molecule has 2 rings (SSSR count). The molecular weight excluding hydrogens is 260 g/mol. The number of amides is 1. The molecule has 1 heterocycles. The molecule has 0 radical (unpaired) electrons. The lowest BCUT2D eigenvalue weighted by Gasteiger charge is -2.09. The molecule has 4 nitrogen and oxygen atoms in total. The van der Waals surface area contributed by atoms with Crippen molar-refractivity contribution in [3.8, 4) is 0 Å². The van der Waals surface area contributed by atoms with Crippen LogP contribution in [0.15, 0.2) is 24.3 Å². The number of rotatable bonds is 6. The van der Waals surface area contributed by atoms with E-state index in [1.807, 2.05) is 25.1 Å². The number of nitrogens with zero attached hydrogens (tertiary/aromatic N) is 1. The number of aromatic nitrogens is 1. The van der Waals surface area contributed by atoms with Crippen LogP contribution in [0, 0.1) is 0 Å². The molecular formula is C14H18N2O2S. The number of carbonyl (C=O) groups is 1. The minimum Gasteiger partial charge on any atom is -0.372 e. The van der Waals surface area contributed by atoms with Gasteiger partial charge in [-0.1, -0.05) is 19.1 Å². The number of fused-ring (bicyclic) bond motifs is 1. The summed E-state index contributed by atoms with van der Waals surface area (Å²) in [6.45, 7) is 5.21. The number of nitrogens with one attached hydrogen (secondary N) is 1. The first-order valence-corrected chi connectivity index (χ1v) is 7.22. The van der Waals surface area contributed by atoms with Gasteiger partial charge in [-0.15, -0.1) is 11.3 Å². The van der Waals surface area contributed by atoms with E-state index >= 15 is 0 Å². The highest BCUT2D eigenvalue weighted by Crippen LogP contribution is 2.26. The first kappa shape index (κ1) is 14.0. The SMILES string of the molecule is CCOCC(=O)NCC(C)c1nc2ccccc2s1. The highest BCUT2D eigenvalue weighted by molar-refractivity contribution is 7.18. The predicted molar refractivity (Wildman–Crippen MR) is 77.5 cm³/mol. The molecule has 0 saturated heterocycles. The third kappa shape index (κ3) is 3.75. The molecule has 0 aliphatic carbocycles. The van der Waals surface area contributed by atoms with Crippen LogP contribution in [0.5, 0.6) is 0 Å². The van der Waals surface area contributed by atoms with Gasteiger partial charge < -0.3 is 10.1 Å². The maximum atomic E-state index is 11.5. The fourth-order valence-corrected chi connectivity index (χ4v) is 2.72. The topological polar surface area (TPSA) is 51.2 Å². The largest absolute Gasteiger partial charge is 0.372 e. The molecule has 0 saturated carbocycles. The number of thiazole rings is 1. The van der Waals surface area contributed by atoms with Crippen LogP contribution in [0.25, 0.3) is 10.2 Å². The molecule has 1 atom stereocenters. The van der Waals surface area contributed by atoms with Crippen LogP contribution in [-0.2, 0) is 9.53 Å². The quantitative estimate of drug-likeness (QED) is 0.883. The van der Waals surface area contributed by atoms with Gasteiger partial charge in [-0.05, 0) is 19.1 Å². The summed E-state index contributed by atoms with van der Waals surface area (Å²) in [6.07, 6.45) is 0. The smallest absolute Gasteiger partial charge is 0.246 e. The zero-order valence-corrected chi connectivity index (χ0v) is 12.0. The van der Waals surface area contributed by atoms with Gasteiger partial charge in [-0.2, -0.15) is 0 Å². The van der Waals surface area contributed by atoms with Crippen LogP contribution >= 0.6 is 11.3 Å². The molecule has 5 heteroatoms. The minimum absolute atomic E-state index is 0.0742. The molecule has 0 aliphatic heterocycles. The summed E-state index contributed by atoms with van der Waals surface area (Å²) in [5, 5.41) is 3.92. The first-order chi connectivity index (χ1) is 9.20. The monoisotopic (exact) mass is 278 g/mol. The number of para-hydroxylation sites is 1. The van der Waals surface area contributed by atoms with Gasteiger partial charge in [0.1, 0.15) is 6.61 Å². The van der Waals surface area contributed by atoms with E-state index in [1.54, 1.807) is 11.3 Å². The van der Waals surface area contributed by atoms with E-state index in [0.717, 1.165) is 10.5 Å². The molecule has 1 unspecified atom stereocenters. The molecule has 0 bridgehead atoms. The fraction of sp³-hybridized carbons (Fsp3) is 0.429. The lowest BCUT2D eigenvalue weighted by molar-refractivity contribution is -0.125. The first-order valence-electron chi connectivity index (χ1n) is 6.40. The average Bonchev–Trinajstić information content (AvgIpc) is 2.86. The van der Waals surface area contributed by atoms with Gasteiger partial charge in [0.05, 0.1) is 15.2 Å². The third-order valence-electron chi connectivity index (χ3n) is 2.77. The molecule has 102 valence electrons. The Bertz CT molecular complexity index is 520. The van der Waals surface area contributed by atoms with Gasteiger partial charge in [0, 0.05) is 19.1 Å². The summed E-state index contributed by atoms with van der Waals surface area (Å²) >= 11 is 1.68. The van der Waals surface area contributed by atoms with Crippen LogP contribution in [0.3, 0.4) is 0 Å². The van der Waals surface area contributed by atoms with E-state index in [1.165, 1.54) is 4.70 Å². The zero-order chi connectivity index (χ0) is 13.7. The van der Waals surface area contributed by atoms with E-state index in [-0.39, 0.29) is 18.4 Å². The molecule has 2 aromatic rings. The van der Waals surface area contributed by atoms with Crippen LogP contribution in [0.1, 0.15) is 24.8 Å². The zero-order valence-electron chi connectivity index (χ0n) is 11.2. The molecule has 1 aromatic carbocycles. The van der Waals surface area contributed by atoms with Gasteiger partial charge in [0.2, 0.25) is 5.91 Å². The summed E-state index contributed by atoms with van der Waals surface area (Å²) in [7, 11) is 0.